The fraction of sp³-hybridized carbons (Fsp3) is 0. The number of furan rings is 1. The lowest BCUT2D eigenvalue weighted by molar-refractivity contribution is 0.619. The zero-order chi connectivity index (χ0) is 86.2. The zero-order valence-corrected chi connectivity index (χ0v) is 71.2. The average molecular weight is 1680 g/mol. The van der Waals surface area contributed by atoms with Crippen LogP contribution in [-0.4, -0.2) is 150 Å². The third-order valence-corrected chi connectivity index (χ3v) is 28.5. The molecular formula is C99H71B12N17OS. The second-order valence-corrected chi connectivity index (χ2v) is 35.2. The molecule has 600 valence electrons. The van der Waals surface area contributed by atoms with E-state index in [9.17, 15) is 15.8 Å². The van der Waals surface area contributed by atoms with Gasteiger partial charge in [-0.15, -0.1) is 11.3 Å². The molecule has 0 spiro atoms. The Balaban J connectivity index is 0.000000107. The molecule has 8 aromatic carbocycles. The maximum atomic E-state index is 10.4. The molecule has 0 unspecified atom stereocenters. The first-order valence-electron chi connectivity index (χ1n) is 44.2. The van der Waals surface area contributed by atoms with Crippen molar-refractivity contribution >= 4 is 198 Å². The first kappa shape index (κ1) is 76.4. The number of thiophene rings is 1. The lowest BCUT2D eigenvalue weighted by Gasteiger charge is -2.53. The van der Waals surface area contributed by atoms with Gasteiger partial charge in [-0.05, 0) is 206 Å². The topological polar surface area (TPSA) is 133 Å². The van der Waals surface area contributed by atoms with E-state index in [4.69, 9.17) is 4.42 Å². The van der Waals surface area contributed by atoms with Crippen LogP contribution in [0, 0.1) is 34.0 Å². The van der Waals surface area contributed by atoms with Crippen LogP contribution in [0.2, 0.25) is 0 Å². The van der Waals surface area contributed by atoms with E-state index in [-0.39, 0.29) is 83.8 Å². The second kappa shape index (κ2) is 31.2. The van der Waals surface area contributed by atoms with Crippen LogP contribution in [0.1, 0.15) is 11.1 Å². The monoisotopic (exact) mass is 1680 g/mol. The van der Waals surface area contributed by atoms with Gasteiger partial charge in [0.05, 0.1) is 39.3 Å². The number of para-hydroxylation sites is 5. The predicted molar refractivity (Wildman–Crippen MR) is 544 cm³/mol. The quantitative estimate of drug-likeness (QED) is 0.155. The molecule has 12 aromatic rings. The van der Waals surface area contributed by atoms with E-state index in [2.05, 4.69) is 467 Å². The molecule has 3 saturated heterocycles. The van der Waals surface area contributed by atoms with Gasteiger partial charge in [0, 0.05) is 74.9 Å². The molecule has 0 saturated carbocycles. The van der Waals surface area contributed by atoms with Crippen LogP contribution < -0.4 is 0 Å². The number of hydrogen-bond donors (Lipinski definition) is 0. The van der Waals surface area contributed by atoms with Crippen LogP contribution in [0.25, 0.3) is 108 Å². The smallest absolute Gasteiger partial charge is 0.399 e. The minimum atomic E-state index is -0.287. The molecule has 0 bridgehead atoms. The molecule has 0 amide bonds. The van der Waals surface area contributed by atoms with E-state index in [1.54, 1.807) is 0 Å². The van der Waals surface area contributed by atoms with Gasteiger partial charge in [-0.3, -0.25) is 0 Å². The molecule has 31 heteroatoms. The van der Waals surface area contributed by atoms with E-state index in [0.717, 1.165) is 55.5 Å². The minimum absolute atomic E-state index is 0.00881. The Morgan fingerprint density at radius 1 is 0.292 bits per heavy atom. The highest BCUT2D eigenvalue weighted by atomic mass is 32.1. The number of nitriles is 3. The highest BCUT2D eigenvalue weighted by Gasteiger charge is 2.55. The average Bonchev–Trinajstić information content (AvgIpc) is 1.60. The van der Waals surface area contributed by atoms with Crippen molar-refractivity contribution in [3.63, 3.8) is 0 Å². The standard InChI is InChI=1S/C41H29B4N7.C29H21B4N5O.C29H21B4N5S/c46-30-31-12-11-26-50-44-29-33(21-27-48(44)42-22-7-9-24-47(42)43-23-8-10-25-49(43)45(31)50)52-40-18-6-3-15-36(40)37-28-32(19-20-41(37)52)51-38-16-4-1-13-34(38)35-14-2-5-17-39(35)51;2*34-21-23-12-16-32-35-17-5-3-14-30(35)37-19-13-24(20-33(37)36-18-6-4-15-31(36)38(32)22-23)25-9-7-10-27-26-8-1-2-11-28(26)39-29(25)27/h1-29H;2*1-20,22H. The third kappa shape index (κ3) is 12.3. The van der Waals surface area contributed by atoms with Crippen LogP contribution >= 0.6 is 11.3 Å². The maximum absolute atomic E-state index is 10.4. The molecule has 0 atom stereocenters. The van der Waals surface area contributed by atoms with Crippen molar-refractivity contribution in [2.24, 2.45) is 0 Å². The van der Waals surface area contributed by atoms with Crippen molar-refractivity contribution in [1.82, 2.24) is 65.8 Å². The molecule has 3 fully saturated rings. The Morgan fingerprint density at radius 2 is 0.708 bits per heavy atom. The Morgan fingerprint density at radius 3 is 1.28 bits per heavy atom. The molecule has 0 radical (unpaired) electrons. The van der Waals surface area contributed by atoms with Gasteiger partial charge < -0.3 is 70.2 Å². The summed E-state index contributed by atoms with van der Waals surface area (Å²) >= 11 is 1.87. The highest BCUT2D eigenvalue weighted by molar-refractivity contribution is 7.26. The summed E-state index contributed by atoms with van der Waals surface area (Å²) in [5, 5.41) is 39.6. The van der Waals surface area contributed by atoms with Crippen LogP contribution in [0.4, 0.5) is 0 Å². The fourth-order valence-electron chi connectivity index (χ4n) is 21.6. The van der Waals surface area contributed by atoms with Crippen molar-refractivity contribution in [3.05, 3.63) is 459 Å². The Bertz CT molecular complexity index is 7520. The van der Waals surface area contributed by atoms with E-state index in [1.807, 2.05) is 60.2 Å². The summed E-state index contributed by atoms with van der Waals surface area (Å²) in [5.74, 6) is 24.7. The van der Waals surface area contributed by atoms with Crippen molar-refractivity contribution in [3.8, 4) is 23.9 Å². The molecule has 27 rings (SSSR count). The lowest BCUT2D eigenvalue weighted by Crippen LogP contribution is -2.74. The van der Waals surface area contributed by atoms with Crippen molar-refractivity contribution < 1.29 is 4.42 Å². The third-order valence-electron chi connectivity index (χ3n) is 27.3. The Hall–Kier alpha value is -16.0. The second-order valence-electron chi connectivity index (χ2n) is 34.1. The molecule has 15 aliphatic heterocycles. The summed E-state index contributed by atoms with van der Waals surface area (Å²) in [6.07, 6.45) is 65.5. The van der Waals surface area contributed by atoms with Crippen LogP contribution in [0.15, 0.2) is 453 Å². The van der Waals surface area contributed by atoms with E-state index in [1.165, 1.54) is 63.9 Å². The van der Waals surface area contributed by atoms with E-state index < -0.39 is 0 Å². The molecule has 130 heavy (non-hydrogen) atoms. The molecule has 0 aliphatic carbocycles. The minimum Gasteiger partial charge on any atom is -0.455 e. The number of rotatable bonds is 4. The first-order chi connectivity index (χ1) is 64.4. The van der Waals surface area contributed by atoms with Gasteiger partial charge in [0.25, 0.3) is 0 Å². The lowest BCUT2D eigenvalue weighted by atomic mass is 9.40. The predicted octanol–water partition coefficient (Wildman–Crippen LogP) is 18.1. The summed E-state index contributed by atoms with van der Waals surface area (Å²) in [4.78, 5) is 0. The normalized spacial score (nSPS) is 18.4. The number of fused-ring (bicyclic) bond motifs is 36. The number of allylic oxidation sites excluding steroid dienone is 25. The van der Waals surface area contributed by atoms with Gasteiger partial charge >= 0.3 is 83.8 Å². The van der Waals surface area contributed by atoms with Gasteiger partial charge in [0.15, 0.2) is 0 Å². The number of benzene rings is 8. The van der Waals surface area contributed by atoms with Crippen LogP contribution in [0.3, 0.4) is 0 Å². The zero-order valence-electron chi connectivity index (χ0n) is 70.3. The SMILES string of the molecule is N#CC1=CC=CN2B3C=C(n4c5ccccc5c5cc(-n6c7ccccc7c7ccccc76)ccc54)C=CN3B3C=CC=CN3B3C=CC=CN3B12.N#CC1=CN2B(C=C1)N1C=CC=CB1N1C=CC(c3cccc4c3oc3ccccc34)=CB1N1C=CC=CB12.N#CC1=CN2B(C=C1)N1C=CC=CB1N1C=CC(c3cccc4c3sc3ccccc34)=CB1N1C=CC=CB12. The van der Waals surface area contributed by atoms with Gasteiger partial charge in [-0.1, -0.05) is 242 Å². The summed E-state index contributed by atoms with van der Waals surface area (Å²) in [6, 6.07) is 70.1. The van der Waals surface area contributed by atoms with E-state index >= 15 is 0 Å². The molecule has 4 aromatic heterocycles. The highest BCUT2D eigenvalue weighted by Crippen LogP contribution is 2.45. The largest absolute Gasteiger partial charge is 0.455 e. The number of hydrogen-bond acceptors (Lipinski definition) is 17. The summed E-state index contributed by atoms with van der Waals surface area (Å²) in [7, 11) is 0. The Labute approximate surface area is 761 Å². The first-order valence-corrected chi connectivity index (χ1v) is 45.0. The summed E-state index contributed by atoms with van der Waals surface area (Å²) in [5.41, 5.74) is 15.4. The van der Waals surface area contributed by atoms with Crippen molar-refractivity contribution in [2.45, 2.75) is 0 Å². The van der Waals surface area contributed by atoms with Crippen LogP contribution in [0.5, 0.6) is 0 Å². The molecule has 19 heterocycles. The van der Waals surface area contributed by atoms with Gasteiger partial charge in [0.1, 0.15) is 23.3 Å². The number of aromatic nitrogens is 2. The molecule has 15 aliphatic rings. The molecule has 18 nitrogen and oxygen atoms in total. The van der Waals surface area contributed by atoms with Crippen LogP contribution in [-0.2, 0) is 0 Å². The van der Waals surface area contributed by atoms with Gasteiger partial charge in [-0.2, -0.15) is 15.8 Å². The fourth-order valence-corrected chi connectivity index (χ4v) is 22.8. The summed E-state index contributed by atoms with van der Waals surface area (Å²) < 4.78 is 42.1. The van der Waals surface area contributed by atoms with Crippen molar-refractivity contribution in [1.29, 1.82) is 15.8 Å². The number of nitrogens with zero attached hydrogens (tertiary/aromatic N) is 17. The maximum Gasteiger partial charge on any atom is 0.399 e. The van der Waals surface area contributed by atoms with Gasteiger partial charge in [-0.25, -0.2) is 0 Å². The van der Waals surface area contributed by atoms with Crippen molar-refractivity contribution in [2.75, 3.05) is 0 Å². The molecular weight excluding hydrogens is 1610 g/mol. The summed E-state index contributed by atoms with van der Waals surface area (Å²) in [6.45, 7) is -0.866. The Kier molecular flexibility index (Phi) is 18.4. The van der Waals surface area contributed by atoms with E-state index in [0.29, 0.717) is 16.6 Å². The van der Waals surface area contributed by atoms with Gasteiger partial charge in [0.2, 0.25) is 0 Å². The molecule has 0 N–H and O–H groups in total.